The van der Waals surface area contributed by atoms with Crippen LogP contribution in [0.4, 0.5) is 4.39 Å². The third kappa shape index (κ3) is 2.93. The molecule has 0 atom stereocenters. The lowest BCUT2D eigenvalue weighted by Gasteiger charge is -2.05. The molecule has 0 aliphatic heterocycles. The molecule has 0 radical (unpaired) electrons. The molecule has 1 aromatic rings. The van der Waals surface area contributed by atoms with E-state index in [0.717, 1.165) is 12.8 Å². The summed E-state index contributed by atoms with van der Waals surface area (Å²) in [4.78, 5) is 11.9. The van der Waals surface area contributed by atoms with Crippen molar-refractivity contribution in [3.63, 3.8) is 0 Å². The summed E-state index contributed by atoms with van der Waals surface area (Å²) in [5, 5.41) is 0. The van der Waals surface area contributed by atoms with Crippen molar-refractivity contribution in [1.29, 1.82) is 0 Å². The van der Waals surface area contributed by atoms with E-state index in [-0.39, 0.29) is 18.0 Å². The van der Waals surface area contributed by atoms with Crippen molar-refractivity contribution in [2.24, 2.45) is 5.73 Å². The van der Waals surface area contributed by atoms with Crippen LogP contribution in [0.15, 0.2) is 35.5 Å². The summed E-state index contributed by atoms with van der Waals surface area (Å²) in [5.41, 5.74) is 8.38. The second kappa shape index (κ2) is 5.13. The maximum atomic E-state index is 12.7. The normalized spacial score (nSPS) is 15.0. The molecule has 0 aromatic heterocycles. The van der Waals surface area contributed by atoms with E-state index in [9.17, 15) is 9.18 Å². The third-order valence-electron chi connectivity index (χ3n) is 3.18. The van der Waals surface area contributed by atoms with Crippen LogP contribution in [0.1, 0.15) is 42.5 Å². The molecule has 2 rings (SSSR count). The van der Waals surface area contributed by atoms with Crippen LogP contribution < -0.4 is 5.73 Å². The summed E-state index contributed by atoms with van der Waals surface area (Å²) >= 11 is 0. The molecular weight excluding hydrogens is 217 g/mol. The molecule has 3 heteroatoms. The zero-order chi connectivity index (χ0) is 12.3. The fourth-order valence-electron chi connectivity index (χ4n) is 2.16. The predicted octanol–water partition coefficient (Wildman–Crippen LogP) is 3.19. The van der Waals surface area contributed by atoms with Crippen LogP contribution >= 0.6 is 0 Å². The Bertz CT molecular complexity index is 440. The van der Waals surface area contributed by atoms with Gasteiger partial charge in [0.2, 0.25) is 0 Å². The quantitative estimate of drug-likeness (QED) is 0.815. The molecule has 0 heterocycles. The van der Waals surface area contributed by atoms with Crippen molar-refractivity contribution in [3.8, 4) is 0 Å². The van der Waals surface area contributed by atoms with Crippen molar-refractivity contribution in [2.75, 3.05) is 0 Å². The van der Waals surface area contributed by atoms with E-state index >= 15 is 0 Å². The lowest BCUT2D eigenvalue weighted by Crippen LogP contribution is -2.09. The minimum atomic E-state index is -0.330. The van der Waals surface area contributed by atoms with E-state index in [1.54, 1.807) is 0 Å². The molecule has 0 bridgehead atoms. The van der Waals surface area contributed by atoms with E-state index in [0.29, 0.717) is 11.3 Å². The predicted molar refractivity (Wildman–Crippen MR) is 65.0 cm³/mol. The summed E-state index contributed by atoms with van der Waals surface area (Å²) < 4.78 is 12.7. The molecule has 0 spiro atoms. The lowest BCUT2D eigenvalue weighted by atomic mass is 10.0. The van der Waals surface area contributed by atoms with Gasteiger partial charge < -0.3 is 5.73 Å². The standard InChI is InChI=1S/C14H16FNO/c15-12-7-5-11(6-8-12)14(17)9-13(16)10-3-1-2-4-10/h5-8H,1-4,9,16H2. The Morgan fingerprint density at radius 2 is 1.76 bits per heavy atom. The van der Waals surface area contributed by atoms with Crippen LogP contribution in [-0.4, -0.2) is 5.78 Å². The average molecular weight is 233 g/mol. The molecule has 0 unspecified atom stereocenters. The summed E-state index contributed by atoms with van der Waals surface area (Å²) in [5.74, 6) is -0.370. The van der Waals surface area contributed by atoms with Crippen LogP contribution in [0.25, 0.3) is 0 Å². The van der Waals surface area contributed by atoms with Crippen molar-refractivity contribution >= 4 is 5.78 Å². The maximum Gasteiger partial charge on any atom is 0.168 e. The van der Waals surface area contributed by atoms with Gasteiger partial charge in [0.05, 0.1) is 6.42 Å². The fourth-order valence-corrected chi connectivity index (χ4v) is 2.16. The van der Waals surface area contributed by atoms with Gasteiger partial charge in [-0.05, 0) is 49.9 Å². The average Bonchev–Trinajstić information content (AvgIpc) is 2.83. The molecule has 0 amide bonds. The number of rotatable bonds is 3. The SMILES string of the molecule is NC(CC(=O)c1ccc(F)cc1)=C1CCCC1. The van der Waals surface area contributed by atoms with E-state index in [1.165, 1.54) is 42.7 Å². The van der Waals surface area contributed by atoms with Gasteiger partial charge in [0.15, 0.2) is 5.78 Å². The highest BCUT2D eigenvalue weighted by molar-refractivity contribution is 5.97. The lowest BCUT2D eigenvalue weighted by molar-refractivity contribution is 0.0992. The summed E-state index contributed by atoms with van der Waals surface area (Å²) in [6, 6.07) is 5.60. The Kier molecular flexibility index (Phi) is 3.57. The van der Waals surface area contributed by atoms with E-state index in [4.69, 9.17) is 5.73 Å². The number of halogens is 1. The fraction of sp³-hybridized carbons (Fsp3) is 0.357. The minimum absolute atomic E-state index is 0.0399. The van der Waals surface area contributed by atoms with Gasteiger partial charge in [-0.25, -0.2) is 4.39 Å². The highest BCUT2D eigenvalue weighted by Crippen LogP contribution is 2.26. The van der Waals surface area contributed by atoms with Crippen LogP contribution in [0.3, 0.4) is 0 Å². The molecule has 0 saturated heterocycles. The first-order chi connectivity index (χ1) is 8.16. The number of hydrogen-bond acceptors (Lipinski definition) is 2. The first-order valence-electron chi connectivity index (χ1n) is 5.92. The summed E-state index contributed by atoms with van der Waals surface area (Å²) in [6.07, 6.45) is 4.62. The van der Waals surface area contributed by atoms with Gasteiger partial charge in [-0.3, -0.25) is 4.79 Å². The zero-order valence-electron chi connectivity index (χ0n) is 9.71. The first kappa shape index (κ1) is 11.8. The van der Waals surface area contributed by atoms with E-state index in [1.807, 2.05) is 0 Å². The molecule has 2 N–H and O–H groups in total. The molecule has 1 aromatic carbocycles. The Morgan fingerprint density at radius 1 is 1.18 bits per heavy atom. The highest BCUT2D eigenvalue weighted by atomic mass is 19.1. The Labute approximate surface area is 100 Å². The van der Waals surface area contributed by atoms with Crippen LogP contribution in [0, 0.1) is 5.82 Å². The van der Waals surface area contributed by atoms with Crippen LogP contribution in [0.2, 0.25) is 0 Å². The minimum Gasteiger partial charge on any atom is -0.402 e. The van der Waals surface area contributed by atoms with Crippen molar-refractivity contribution in [3.05, 3.63) is 46.9 Å². The number of allylic oxidation sites excluding steroid dienone is 2. The largest absolute Gasteiger partial charge is 0.402 e. The van der Waals surface area contributed by atoms with Gasteiger partial charge in [-0.1, -0.05) is 5.57 Å². The second-order valence-corrected chi connectivity index (χ2v) is 4.44. The van der Waals surface area contributed by atoms with Gasteiger partial charge >= 0.3 is 0 Å². The van der Waals surface area contributed by atoms with E-state index < -0.39 is 0 Å². The first-order valence-corrected chi connectivity index (χ1v) is 5.92. The van der Waals surface area contributed by atoms with Crippen molar-refractivity contribution < 1.29 is 9.18 Å². The molecule has 17 heavy (non-hydrogen) atoms. The molecule has 1 fully saturated rings. The Morgan fingerprint density at radius 3 is 2.35 bits per heavy atom. The molecule has 1 aliphatic carbocycles. The van der Waals surface area contributed by atoms with Gasteiger partial charge in [0, 0.05) is 11.3 Å². The highest BCUT2D eigenvalue weighted by Gasteiger charge is 2.14. The molecular formula is C14H16FNO. The zero-order valence-corrected chi connectivity index (χ0v) is 9.71. The Hall–Kier alpha value is -1.64. The number of carbonyl (C=O) groups excluding carboxylic acids is 1. The monoisotopic (exact) mass is 233 g/mol. The van der Waals surface area contributed by atoms with Gasteiger partial charge in [-0.15, -0.1) is 0 Å². The maximum absolute atomic E-state index is 12.7. The third-order valence-corrected chi connectivity index (χ3v) is 3.18. The van der Waals surface area contributed by atoms with Crippen LogP contribution in [-0.2, 0) is 0 Å². The summed E-state index contributed by atoms with van der Waals surface area (Å²) in [6.45, 7) is 0. The van der Waals surface area contributed by atoms with Gasteiger partial charge in [-0.2, -0.15) is 0 Å². The molecule has 1 saturated carbocycles. The number of nitrogens with two attached hydrogens (primary N) is 1. The number of hydrogen-bond donors (Lipinski definition) is 1. The van der Waals surface area contributed by atoms with Crippen molar-refractivity contribution in [2.45, 2.75) is 32.1 Å². The molecule has 90 valence electrons. The second-order valence-electron chi connectivity index (χ2n) is 4.44. The molecule has 2 nitrogen and oxygen atoms in total. The molecule has 1 aliphatic rings. The number of Topliss-reactive ketones (excluding diaryl/α,β-unsaturated/α-hetero) is 1. The van der Waals surface area contributed by atoms with E-state index in [2.05, 4.69) is 0 Å². The smallest absolute Gasteiger partial charge is 0.168 e. The topological polar surface area (TPSA) is 43.1 Å². The van der Waals surface area contributed by atoms with Crippen molar-refractivity contribution in [1.82, 2.24) is 0 Å². The number of benzene rings is 1. The number of carbonyl (C=O) groups is 1. The van der Waals surface area contributed by atoms with Crippen LogP contribution in [0.5, 0.6) is 0 Å². The van der Waals surface area contributed by atoms with Gasteiger partial charge in [0.1, 0.15) is 5.82 Å². The Balaban J connectivity index is 2.06. The number of ketones is 1. The van der Waals surface area contributed by atoms with Gasteiger partial charge in [0.25, 0.3) is 0 Å². The summed E-state index contributed by atoms with van der Waals surface area (Å²) in [7, 11) is 0.